The van der Waals surface area contributed by atoms with Gasteiger partial charge in [0, 0.05) is 11.2 Å². The molecule has 1 saturated heterocycles. The second-order valence-corrected chi connectivity index (χ2v) is 10.1. The zero-order chi connectivity index (χ0) is 31.1. The summed E-state index contributed by atoms with van der Waals surface area (Å²) in [4.78, 5) is 31.2. The van der Waals surface area contributed by atoms with Crippen LogP contribution in [-0.2, 0) is 17.2 Å². The van der Waals surface area contributed by atoms with Crippen molar-refractivity contribution in [2.24, 2.45) is 0 Å². The van der Waals surface area contributed by atoms with Gasteiger partial charge in [-0.25, -0.2) is 9.67 Å². The van der Waals surface area contributed by atoms with Crippen LogP contribution >= 0.6 is 23.2 Å². The number of hydrogen-bond acceptors (Lipinski definition) is 8. The second-order valence-electron chi connectivity index (χ2n) is 9.26. The Balaban J connectivity index is 1.49. The minimum atomic E-state index is -5.94. The fraction of sp³-hybridized carbons (Fsp3) is 0.292. The summed E-state index contributed by atoms with van der Waals surface area (Å²) in [5.74, 6) is -8.53. The van der Waals surface area contributed by atoms with Crippen LogP contribution in [0.5, 0.6) is 0 Å². The van der Waals surface area contributed by atoms with Crippen molar-refractivity contribution < 1.29 is 36.3 Å². The first kappa shape index (κ1) is 30.2. The minimum Gasteiger partial charge on any atom is -0.377 e. The lowest BCUT2D eigenvalue weighted by molar-refractivity contribution is -0.292. The molecule has 1 fully saturated rings. The molecule has 0 radical (unpaired) electrons. The summed E-state index contributed by atoms with van der Waals surface area (Å²) in [6.45, 7) is 1.72. The Bertz CT molecular complexity index is 1710. The summed E-state index contributed by atoms with van der Waals surface area (Å²) >= 11 is 12.5. The van der Waals surface area contributed by atoms with E-state index in [4.69, 9.17) is 27.9 Å². The molecule has 226 valence electrons. The number of rotatable bonds is 8. The van der Waals surface area contributed by atoms with Gasteiger partial charge in [-0.1, -0.05) is 23.2 Å². The molecule has 0 saturated carbocycles. The monoisotopic (exact) mass is 645 g/mol. The molecule has 0 spiro atoms. The normalized spacial score (nSPS) is 14.0. The van der Waals surface area contributed by atoms with Crippen LogP contribution in [0.4, 0.5) is 27.6 Å². The number of nitrogens with one attached hydrogen (secondary N) is 2. The van der Waals surface area contributed by atoms with Gasteiger partial charge in [0.15, 0.2) is 5.82 Å². The standard InChI is InChI=1S/C24H18Cl2F5N9O3/c1-11-5-12(25)6-15(20(41)33-14-9-43-10-14)18(11)34-21(42)17-7-13(36-40(17)19-16(26)3-2-4-32-19)8-39-37-22(35-38-39)23(27,28)24(29,30)31/h2-7,14H,8-10H2,1H3,(H,33,41)(H,34,42). The summed E-state index contributed by atoms with van der Waals surface area (Å²) in [6.07, 6.45) is -4.57. The fourth-order valence-electron chi connectivity index (χ4n) is 3.92. The van der Waals surface area contributed by atoms with Gasteiger partial charge in [-0.3, -0.25) is 9.59 Å². The molecular weight excluding hydrogens is 628 g/mol. The number of hydrogen-bond donors (Lipinski definition) is 2. The first-order valence-electron chi connectivity index (χ1n) is 12.2. The third kappa shape index (κ3) is 6.14. The van der Waals surface area contributed by atoms with Gasteiger partial charge in [0.25, 0.3) is 17.6 Å². The van der Waals surface area contributed by atoms with E-state index in [2.05, 4.69) is 36.1 Å². The largest absolute Gasteiger partial charge is 0.461 e. The van der Waals surface area contributed by atoms with Gasteiger partial charge in [-0.2, -0.15) is 31.8 Å². The summed E-state index contributed by atoms with van der Waals surface area (Å²) in [5.41, 5.74) is 0.400. The van der Waals surface area contributed by atoms with E-state index >= 15 is 0 Å². The van der Waals surface area contributed by atoms with Crippen molar-refractivity contribution >= 4 is 40.7 Å². The van der Waals surface area contributed by atoms with Crippen molar-refractivity contribution in [2.45, 2.75) is 31.6 Å². The van der Waals surface area contributed by atoms with E-state index < -0.39 is 36.3 Å². The molecule has 19 heteroatoms. The van der Waals surface area contributed by atoms with Crippen LogP contribution in [0.2, 0.25) is 10.0 Å². The Morgan fingerprint density at radius 2 is 1.84 bits per heavy atom. The van der Waals surface area contributed by atoms with E-state index in [0.717, 1.165) is 4.68 Å². The lowest BCUT2D eigenvalue weighted by Gasteiger charge is -2.27. The Morgan fingerprint density at radius 1 is 1.09 bits per heavy atom. The van der Waals surface area contributed by atoms with Gasteiger partial charge < -0.3 is 15.4 Å². The molecule has 0 bridgehead atoms. The number of aromatic nitrogens is 7. The highest BCUT2D eigenvalue weighted by Gasteiger charge is 2.62. The van der Waals surface area contributed by atoms with Gasteiger partial charge in [0.05, 0.1) is 41.2 Å². The van der Waals surface area contributed by atoms with E-state index in [0.29, 0.717) is 23.6 Å². The highest BCUT2D eigenvalue weighted by molar-refractivity contribution is 6.32. The molecule has 3 aromatic heterocycles. The number of amides is 2. The smallest absolute Gasteiger partial charge is 0.377 e. The molecule has 2 N–H and O–H groups in total. The number of alkyl halides is 5. The van der Waals surface area contributed by atoms with Crippen molar-refractivity contribution in [3.05, 3.63) is 74.9 Å². The third-order valence-electron chi connectivity index (χ3n) is 6.08. The summed E-state index contributed by atoms with van der Waals surface area (Å²) < 4.78 is 71.6. The number of carbonyl (C=O) groups is 2. The van der Waals surface area contributed by atoms with Crippen LogP contribution in [0.25, 0.3) is 5.82 Å². The predicted octanol–water partition coefficient (Wildman–Crippen LogP) is 3.95. The Kier molecular flexibility index (Phi) is 8.06. The van der Waals surface area contributed by atoms with Crippen molar-refractivity contribution in [2.75, 3.05) is 18.5 Å². The number of benzene rings is 1. The Hall–Kier alpha value is -4.22. The third-order valence-corrected chi connectivity index (χ3v) is 6.60. The average Bonchev–Trinajstić information content (AvgIpc) is 3.55. The number of carbonyl (C=O) groups excluding carboxylic acids is 2. The predicted molar refractivity (Wildman–Crippen MR) is 139 cm³/mol. The summed E-state index contributed by atoms with van der Waals surface area (Å²) in [6, 6.07) is 6.88. The zero-order valence-corrected chi connectivity index (χ0v) is 23.2. The molecule has 0 aliphatic carbocycles. The lowest BCUT2D eigenvalue weighted by Crippen LogP contribution is -2.48. The molecule has 1 aromatic carbocycles. The molecule has 43 heavy (non-hydrogen) atoms. The quantitative estimate of drug-likeness (QED) is 0.274. The number of nitrogens with zero attached hydrogens (tertiary/aromatic N) is 7. The van der Waals surface area contributed by atoms with Crippen LogP contribution in [-0.4, -0.2) is 72.2 Å². The topological polar surface area (TPSA) is 142 Å². The van der Waals surface area contributed by atoms with Crippen LogP contribution in [0.1, 0.15) is 37.9 Å². The van der Waals surface area contributed by atoms with Crippen molar-refractivity contribution in [3.63, 3.8) is 0 Å². The Labute approximate surface area is 248 Å². The first-order valence-corrected chi connectivity index (χ1v) is 12.9. The molecule has 12 nitrogen and oxygen atoms in total. The SMILES string of the molecule is Cc1cc(Cl)cc(C(=O)NC2COC2)c1NC(=O)c1cc(Cn2nnc(C(F)(F)C(F)(F)F)n2)nn1-c1ncccc1Cl. The van der Waals surface area contributed by atoms with Crippen LogP contribution in [0.15, 0.2) is 36.5 Å². The van der Waals surface area contributed by atoms with Gasteiger partial charge >= 0.3 is 12.1 Å². The maximum absolute atomic E-state index is 13.7. The van der Waals surface area contributed by atoms with E-state index in [-0.39, 0.29) is 44.5 Å². The highest BCUT2D eigenvalue weighted by Crippen LogP contribution is 2.41. The maximum atomic E-state index is 13.7. The molecule has 1 aliphatic heterocycles. The average molecular weight is 646 g/mol. The highest BCUT2D eigenvalue weighted by atomic mass is 35.5. The molecule has 0 atom stereocenters. The van der Waals surface area contributed by atoms with E-state index in [1.807, 2.05) is 0 Å². The van der Waals surface area contributed by atoms with E-state index in [9.17, 15) is 31.5 Å². The number of tetrazole rings is 1. The number of aryl methyl sites for hydroxylation is 1. The second kappa shape index (κ2) is 11.5. The molecule has 4 aromatic rings. The summed E-state index contributed by atoms with van der Waals surface area (Å²) in [5, 5.41) is 19.2. The maximum Gasteiger partial charge on any atom is 0.461 e. The van der Waals surface area contributed by atoms with Crippen molar-refractivity contribution in [3.8, 4) is 5.82 Å². The van der Waals surface area contributed by atoms with Crippen LogP contribution < -0.4 is 10.6 Å². The number of ether oxygens (including phenoxy) is 1. The minimum absolute atomic E-state index is 0.00723. The zero-order valence-electron chi connectivity index (χ0n) is 21.7. The van der Waals surface area contributed by atoms with E-state index in [1.165, 1.54) is 36.5 Å². The van der Waals surface area contributed by atoms with Crippen LogP contribution in [0, 0.1) is 6.92 Å². The van der Waals surface area contributed by atoms with Crippen molar-refractivity contribution in [1.29, 1.82) is 0 Å². The molecule has 1 aliphatic rings. The summed E-state index contributed by atoms with van der Waals surface area (Å²) in [7, 11) is 0. The van der Waals surface area contributed by atoms with Crippen LogP contribution in [0.3, 0.4) is 0 Å². The molecule has 4 heterocycles. The first-order chi connectivity index (χ1) is 20.2. The van der Waals surface area contributed by atoms with Gasteiger partial charge in [-0.05, 0) is 48.0 Å². The number of pyridine rings is 1. The lowest BCUT2D eigenvalue weighted by atomic mass is 10.1. The van der Waals surface area contributed by atoms with Gasteiger partial charge in [0.1, 0.15) is 12.2 Å². The Morgan fingerprint density at radius 3 is 2.49 bits per heavy atom. The van der Waals surface area contributed by atoms with Gasteiger partial charge in [0.2, 0.25) is 0 Å². The molecule has 2 amide bonds. The number of halogens is 7. The van der Waals surface area contributed by atoms with Crippen molar-refractivity contribution in [1.82, 2.24) is 40.3 Å². The number of anilines is 1. The van der Waals surface area contributed by atoms with E-state index in [1.54, 1.807) is 6.92 Å². The molecular formula is C24H18Cl2F5N9O3. The molecule has 5 rings (SSSR count). The molecule has 0 unspecified atom stereocenters. The van der Waals surface area contributed by atoms with Gasteiger partial charge in [-0.15, -0.1) is 10.2 Å². The fourth-order valence-corrected chi connectivity index (χ4v) is 4.39.